The lowest BCUT2D eigenvalue weighted by atomic mass is 9.60. The van der Waals surface area contributed by atoms with Crippen molar-refractivity contribution >= 4 is 11.6 Å². The molecule has 0 aromatic heterocycles. The molecule has 3 atom stereocenters. The zero-order valence-electron chi connectivity index (χ0n) is 9.41. The van der Waals surface area contributed by atoms with Crippen molar-refractivity contribution < 1.29 is 9.59 Å². The SMILES string of the molecule is CC1=CC2(C)CC=CC(C)C2C(=O)C1=O. The van der Waals surface area contributed by atoms with Crippen LogP contribution in [0.15, 0.2) is 23.8 Å². The summed E-state index contributed by atoms with van der Waals surface area (Å²) in [6.07, 6.45) is 7.01. The summed E-state index contributed by atoms with van der Waals surface area (Å²) in [5.41, 5.74) is 0.463. The van der Waals surface area contributed by atoms with E-state index < -0.39 is 0 Å². The molecule has 0 bridgehead atoms. The monoisotopic (exact) mass is 204 g/mol. The van der Waals surface area contributed by atoms with Crippen molar-refractivity contribution in [3.05, 3.63) is 23.8 Å². The molecule has 0 radical (unpaired) electrons. The van der Waals surface area contributed by atoms with Gasteiger partial charge in [-0.25, -0.2) is 0 Å². The Bertz CT molecular complexity index is 389. The molecule has 0 spiro atoms. The number of hydrogen-bond acceptors (Lipinski definition) is 2. The summed E-state index contributed by atoms with van der Waals surface area (Å²) in [6.45, 7) is 5.83. The van der Waals surface area contributed by atoms with Crippen LogP contribution in [0.5, 0.6) is 0 Å². The highest BCUT2D eigenvalue weighted by atomic mass is 16.2. The van der Waals surface area contributed by atoms with Gasteiger partial charge in [0.15, 0.2) is 0 Å². The molecule has 0 aromatic rings. The van der Waals surface area contributed by atoms with E-state index in [4.69, 9.17) is 0 Å². The van der Waals surface area contributed by atoms with Crippen molar-refractivity contribution in [2.75, 3.05) is 0 Å². The van der Waals surface area contributed by atoms with Crippen LogP contribution < -0.4 is 0 Å². The van der Waals surface area contributed by atoms with Crippen molar-refractivity contribution in [3.63, 3.8) is 0 Å². The summed E-state index contributed by atoms with van der Waals surface area (Å²) in [4.78, 5) is 23.6. The first-order valence-electron chi connectivity index (χ1n) is 5.40. The topological polar surface area (TPSA) is 34.1 Å². The fraction of sp³-hybridized carbons (Fsp3) is 0.538. The molecule has 2 aliphatic rings. The molecule has 2 heteroatoms. The van der Waals surface area contributed by atoms with Gasteiger partial charge in [-0.05, 0) is 24.8 Å². The summed E-state index contributed by atoms with van der Waals surface area (Å²) >= 11 is 0. The van der Waals surface area contributed by atoms with Crippen LogP contribution in [-0.4, -0.2) is 11.6 Å². The van der Waals surface area contributed by atoms with Crippen LogP contribution >= 0.6 is 0 Å². The van der Waals surface area contributed by atoms with E-state index in [0.29, 0.717) is 5.57 Å². The Hall–Kier alpha value is -1.18. The second-order valence-electron chi connectivity index (χ2n) is 5.00. The van der Waals surface area contributed by atoms with Gasteiger partial charge in [-0.2, -0.15) is 0 Å². The second kappa shape index (κ2) is 3.16. The molecular weight excluding hydrogens is 188 g/mol. The van der Waals surface area contributed by atoms with Crippen molar-refractivity contribution in [1.29, 1.82) is 0 Å². The number of ketones is 2. The first kappa shape index (κ1) is 10.3. The third kappa shape index (κ3) is 1.39. The van der Waals surface area contributed by atoms with Gasteiger partial charge in [0.2, 0.25) is 11.6 Å². The zero-order chi connectivity index (χ0) is 11.2. The predicted octanol–water partition coefficient (Wildman–Crippen LogP) is 2.30. The van der Waals surface area contributed by atoms with Gasteiger partial charge < -0.3 is 0 Å². The molecule has 2 aliphatic carbocycles. The Labute approximate surface area is 90.1 Å². The number of rotatable bonds is 0. The Morgan fingerprint density at radius 1 is 1.40 bits per heavy atom. The molecule has 0 saturated heterocycles. The van der Waals surface area contributed by atoms with Gasteiger partial charge in [-0.3, -0.25) is 9.59 Å². The maximum atomic E-state index is 12.0. The molecule has 2 nitrogen and oxygen atoms in total. The minimum atomic E-state index is -0.292. The van der Waals surface area contributed by atoms with Crippen LogP contribution in [0, 0.1) is 17.3 Å². The lowest BCUT2D eigenvalue weighted by Gasteiger charge is -2.41. The molecular formula is C13H16O2. The first-order valence-corrected chi connectivity index (χ1v) is 5.40. The lowest BCUT2D eigenvalue weighted by molar-refractivity contribution is -0.141. The van der Waals surface area contributed by atoms with Crippen molar-refractivity contribution in [2.45, 2.75) is 27.2 Å². The van der Waals surface area contributed by atoms with Crippen LogP contribution in [0.2, 0.25) is 0 Å². The summed E-state index contributed by atoms with van der Waals surface area (Å²) in [5.74, 6) is -0.475. The van der Waals surface area contributed by atoms with Crippen LogP contribution in [0.1, 0.15) is 27.2 Å². The van der Waals surface area contributed by atoms with Crippen LogP contribution in [-0.2, 0) is 9.59 Å². The smallest absolute Gasteiger partial charge is 0.224 e. The normalized spacial score (nSPS) is 40.1. The van der Waals surface area contributed by atoms with Crippen LogP contribution in [0.4, 0.5) is 0 Å². The molecule has 0 aliphatic heterocycles. The number of Topliss-reactive ketones (excluding diaryl/α,β-unsaturated/α-hetero) is 2. The maximum absolute atomic E-state index is 12.0. The Balaban J connectivity index is 2.53. The molecule has 0 aromatic carbocycles. The average molecular weight is 204 g/mol. The highest BCUT2D eigenvalue weighted by Crippen LogP contribution is 2.45. The summed E-state index contributed by atoms with van der Waals surface area (Å²) < 4.78 is 0. The molecule has 0 fully saturated rings. The standard InChI is InChI=1S/C13H16O2/c1-8-5-4-6-13(3)7-9(2)11(14)12(15)10(8)13/h4-5,7-8,10H,6H2,1-3H3. The second-order valence-corrected chi connectivity index (χ2v) is 5.00. The summed E-state index contributed by atoms with van der Waals surface area (Å²) in [7, 11) is 0. The van der Waals surface area contributed by atoms with E-state index in [1.807, 2.05) is 19.1 Å². The van der Waals surface area contributed by atoms with Crippen LogP contribution in [0.3, 0.4) is 0 Å². The Morgan fingerprint density at radius 3 is 2.73 bits per heavy atom. The number of carbonyl (C=O) groups is 2. The van der Waals surface area contributed by atoms with Gasteiger partial charge in [0.25, 0.3) is 0 Å². The third-order valence-electron chi connectivity index (χ3n) is 3.64. The van der Waals surface area contributed by atoms with Gasteiger partial charge >= 0.3 is 0 Å². The minimum absolute atomic E-state index is 0.150. The molecule has 15 heavy (non-hydrogen) atoms. The van der Waals surface area contributed by atoms with Gasteiger partial charge in [-0.1, -0.05) is 32.1 Å². The van der Waals surface area contributed by atoms with E-state index in [9.17, 15) is 9.59 Å². The number of carbonyl (C=O) groups excluding carboxylic acids is 2. The fourth-order valence-electron chi connectivity index (χ4n) is 2.96. The number of hydrogen-bond donors (Lipinski definition) is 0. The summed E-state index contributed by atoms with van der Waals surface area (Å²) in [6, 6.07) is 0. The predicted molar refractivity (Wildman–Crippen MR) is 58.3 cm³/mol. The molecule has 2 rings (SSSR count). The minimum Gasteiger partial charge on any atom is -0.290 e. The van der Waals surface area contributed by atoms with Crippen molar-refractivity contribution in [2.24, 2.45) is 17.3 Å². The van der Waals surface area contributed by atoms with E-state index in [0.717, 1.165) is 6.42 Å². The van der Waals surface area contributed by atoms with Gasteiger partial charge in [0.1, 0.15) is 0 Å². The highest BCUT2D eigenvalue weighted by molar-refractivity contribution is 6.45. The molecule has 80 valence electrons. The highest BCUT2D eigenvalue weighted by Gasteiger charge is 2.47. The van der Waals surface area contributed by atoms with Gasteiger partial charge in [0.05, 0.1) is 0 Å². The van der Waals surface area contributed by atoms with Crippen molar-refractivity contribution in [1.82, 2.24) is 0 Å². The van der Waals surface area contributed by atoms with Crippen molar-refractivity contribution in [3.8, 4) is 0 Å². The largest absolute Gasteiger partial charge is 0.290 e. The van der Waals surface area contributed by atoms with E-state index in [-0.39, 0.29) is 28.8 Å². The summed E-state index contributed by atoms with van der Waals surface area (Å²) in [5, 5.41) is 0. The van der Waals surface area contributed by atoms with Gasteiger partial charge in [-0.15, -0.1) is 0 Å². The number of allylic oxidation sites excluding steroid dienone is 4. The molecule has 0 heterocycles. The maximum Gasteiger partial charge on any atom is 0.224 e. The fourth-order valence-corrected chi connectivity index (χ4v) is 2.96. The molecule has 0 amide bonds. The van der Waals surface area contributed by atoms with E-state index in [2.05, 4.69) is 13.0 Å². The number of fused-ring (bicyclic) bond motifs is 1. The first-order chi connectivity index (χ1) is 6.96. The lowest BCUT2D eigenvalue weighted by Crippen LogP contribution is -2.45. The Morgan fingerprint density at radius 2 is 2.07 bits per heavy atom. The van der Waals surface area contributed by atoms with E-state index >= 15 is 0 Å². The third-order valence-corrected chi connectivity index (χ3v) is 3.64. The van der Waals surface area contributed by atoms with Crippen LogP contribution in [0.25, 0.3) is 0 Å². The van der Waals surface area contributed by atoms with E-state index in [1.54, 1.807) is 6.92 Å². The quantitative estimate of drug-likeness (QED) is 0.448. The average Bonchev–Trinajstić information content (AvgIpc) is 2.13. The molecule has 3 unspecified atom stereocenters. The van der Waals surface area contributed by atoms with E-state index in [1.165, 1.54) is 0 Å². The molecule has 0 saturated carbocycles. The molecule has 0 N–H and O–H groups in total. The van der Waals surface area contributed by atoms with Gasteiger partial charge in [0, 0.05) is 11.3 Å². The zero-order valence-corrected chi connectivity index (χ0v) is 9.41. The Kier molecular flexibility index (Phi) is 2.18.